The van der Waals surface area contributed by atoms with Crippen LogP contribution in [0.3, 0.4) is 0 Å². The van der Waals surface area contributed by atoms with Crippen molar-refractivity contribution in [3.05, 3.63) is 0 Å². The van der Waals surface area contributed by atoms with Crippen molar-refractivity contribution in [2.45, 2.75) is 484 Å². The molecule has 0 saturated heterocycles. The number of phosphoric acid groups is 2. The predicted octanol–water partition coefficient (Wildman–Crippen LogP) is 26.6. The van der Waals surface area contributed by atoms with E-state index >= 15 is 0 Å². The number of ether oxygens (including phenoxy) is 4. The van der Waals surface area contributed by atoms with Crippen LogP contribution in [0, 0.1) is 11.8 Å². The van der Waals surface area contributed by atoms with Gasteiger partial charge in [0, 0.05) is 25.7 Å². The Hall–Kier alpha value is -1.94. The Balaban J connectivity index is 5.24. The van der Waals surface area contributed by atoms with Crippen molar-refractivity contribution in [1.82, 2.24) is 0 Å². The lowest BCUT2D eigenvalue weighted by atomic mass is 9.99. The molecule has 3 N–H and O–H groups in total. The maximum atomic E-state index is 13.2. The summed E-state index contributed by atoms with van der Waals surface area (Å²) in [5, 5.41) is 10.7. The first-order chi connectivity index (χ1) is 51.4. The zero-order valence-corrected chi connectivity index (χ0v) is 71.5. The van der Waals surface area contributed by atoms with Crippen LogP contribution in [0.1, 0.15) is 465 Å². The van der Waals surface area contributed by atoms with Gasteiger partial charge in [-0.2, -0.15) is 0 Å². The van der Waals surface area contributed by atoms with Gasteiger partial charge in [-0.3, -0.25) is 37.3 Å². The molecule has 17 nitrogen and oxygen atoms in total. The highest BCUT2D eigenvalue weighted by Gasteiger charge is 2.30. The molecule has 4 unspecified atom stereocenters. The quantitative estimate of drug-likeness (QED) is 0.0222. The summed E-state index contributed by atoms with van der Waals surface area (Å²) in [7, 11) is -9.93. The minimum absolute atomic E-state index is 0.108. The normalized spacial score (nSPS) is 14.3. The Morgan fingerprint density at radius 2 is 0.453 bits per heavy atom. The molecule has 0 rings (SSSR count). The van der Waals surface area contributed by atoms with Crippen molar-refractivity contribution in [2.24, 2.45) is 11.8 Å². The first-order valence-electron chi connectivity index (χ1n) is 45.1. The minimum atomic E-state index is -4.97. The van der Waals surface area contributed by atoms with E-state index < -0.39 is 97.5 Å². The highest BCUT2D eigenvalue weighted by atomic mass is 31.2. The first kappa shape index (κ1) is 104. The molecule has 0 amide bonds. The van der Waals surface area contributed by atoms with Gasteiger partial charge in [-0.25, -0.2) is 9.13 Å². The van der Waals surface area contributed by atoms with Crippen molar-refractivity contribution in [3.63, 3.8) is 0 Å². The fourth-order valence-corrected chi connectivity index (χ4v) is 15.1. The van der Waals surface area contributed by atoms with Crippen LogP contribution in [-0.4, -0.2) is 96.7 Å². The molecule has 0 saturated carbocycles. The lowest BCUT2D eigenvalue weighted by Crippen LogP contribution is -2.30. The molecule has 0 fully saturated rings. The molecule has 0 aliphatic carbocycles. The molecule has 7 atom stereocenters. The number of phosphoric ester groups is 2. The topological polar surface area (TPSA) is 237 Å². The smallest absolute Gasteiger partial charge is 0.462 e. The van der Waals surface area contributed by atoms with Crippen LogP contribution in [0.4, 0.5) is 0 Å². The summed E-state index contributed by atoms with van der Waals surface area (Å²) in [6.45, 7) is 9.81. The summed E-state index contributed by atoms with van der Waals surface area (Å²) in [6, 6.07) is 0. The number of rotatable bonds is 86. The highest BCUT2D eigenvalue weighted by Crippen LogP contribution is 2.45. The van der Waals surface area contributed by atoms with Crippen LogP contribution in [-0.2, 0) is 65.4 Å². The van der Waals surface area contributed by atoms with Crippen molar-refractivity contribution in [3.8, 4) is 0 Å². The predicted molar refractivity (Wildman–Crippen MR) is 437 cm³/mol. The van der Waals surface area contributed by atoms with Gasteiger partial charge < -0.3 is 33.8 Å². The number of carbonyl (C=O) groups is 4. The summed E-state index contributed by atoms with van der Waals surface area (Å²) in [6.07, 6.45) is 70.6. The molecule has 106 heavy (non-hydrogen) atoms. The number of unbranched alkanes of at least 4 members (excludes halogenated alkanes) is 54. The van der Waals surface area contributed by atoms with E-state index in [2.05, 4.69) is 41.5 Å². The monoisotopic (exact) mass is 1550 g/mol. The number of carbonyl (C=O) groups excluding carboxylic acids is 4. The van der Waals surface area contributed by atoms with Crippen LogP contribution < -0.4 is 0 Å². The van der Waals surface area contributed by atoms with Crippen LogP contribution in [0.2, 0.25) is 0 Å². The van der Waals surface area contributed by atoms with E-state index in [4.69, 9.17) is 37.0 Å². The largest absolute Gasteiger partial charge is 0.472 e. The van der Waals surface area contributed by atoms with Crippen molar-refractivity contribution in [1.29, 1.82) is 0 Å². The van der Waals surface area contributed by atoms with Gasteiger partial charge in [0.05, 0.1) is 26.4 Å². The number of hydrogen-bond donors (Lipinski definition) is 3. The molecule has 0 heterocycles. The second kappa shape index (κ2) is 78.3. The highest BCUT2D eigenvalue weighted by molar-refractivity contribution is 7.47. The van der Waals surface area contributed by atoms with Crippen molar-refractivity contribution in [2.75, 3.05) is 39.6 Å². The van der Waals surface area contributed by atoms with Gasteiger partial charge in [0.25, 0.3) is 0 Å². The Kier molecular flexibility index (Phi) is 76.9. The number of aliphatic hydroxyl groups excluding tert-OH is 1. The zero-order chi connectivity index (χ0) is 77.8. The molecule has 0 aromatic rings. The Labute approximate surface area is 651 Å². The van der Waals surface area contributed by atoms with Crippen LogP contribution in [0.25, 0.3) is 0 Å². The third kappa shape index (κ3) is 77.4. The maximum absolute atomic E-state index is 13.2. The molecule has 0 bridgehead atoms. The van der Waals surface area contributed by atoms with Gasteiger partial charge in [0.15, 0.2) is 12.2 Å². The number of esters is 4. The molecular formula is C87H170O17P2. The molecular weight excluding hydrogens is 1380 g/mol. The van der Waals surface area contributed by atoms with E-state index in [1.165, 1.54) is 283 Å². The van der Waals surface area contributed by atoms with E-state index in [0.717, 1.165) is 102 Å². The second-order valence-electron chi connectivity index (χ2n) is 31.8. The van der Waals surface area contributed by atoms with E-state index in [-0.39, 0.29) is 25.7 Å². The van der Waals surface area contributed by atoms with Gasteiger partial charge in [0.1, 0.15) is 19.3 Å². The van der Waals surface area contributed by atoms with Crippen molar-refractivity contribution < 1.29 is 80.2 Å². The zero-order valence-electron chi connectivity index (χ0n) is 69.7. The number of aliphatic hydroxyl groups is 1. The molecule has 0 aliphatic rings. The fourth-order valence-electron chi connectivity index (χ4n) is 13.5. The van der Waals surface area contributed by atoms with E-state index in [1.54, 1.807) is 0 Å². The summed E-state index contributed by atoms with van der Waals surface area (Å²) >= 11 is 0. The Morgan fingerprint density at radius 3 is 0.670 bits per heavy atom. The Morgan fingerprint density at radius 1 is 0.264 bits per heavy atom. The SMILES string of the molecule is CCCCCCCCCCCCCCCC(=O)OC[C@H](COP(=O)(O)OC[C@H](O)COP(=O)(O)OC[C@@H](COC(=O)CCCCCCCCCCCCCCCCC(C)CC)OC(=O)CCCCCCCCCCCCCCCCCCCCC(C)CC)OC(=O)CCCCCCCCCCCCCCC. The molecule has 0 aromatic carbocycles. The van der Waals surface area contributed by atoms with Crippen molar-refractivity contribution >= 4 is 39.5 Å². The van der Waals surface area contributed by atoms with Gasteiger partial charge in [-0.1, -0.05) is 414 Å². The molecule has 630 valence electrons. The molecule has 0 spiro atoms. The summed E-state index contributed by atoms with van der Waals surface area (Å²) < 4.78 is 68.9. The molecule has 0 radical (unpaired) electrons. The van der Waals surface area contributed by atoms with Gasteiger partial charge in [-0.05, 0) is 37.5 Å². The number of hydrogen-bond acceptors (Lipinski definition) is 15. The summed E-state index contributed by atoms with van der Waals surface area (Å²) in [5.41, 5.74) is 0. The van der Waals surface area contributed by atoms with E-state index in [1.807, 2.05) is 0 Å². The van der Waals surface area contributed by atoms with Crippen LogP contribution >= 0.6 is 15.6 Å². The second-order valence-corrected chi connectivity index (χ2v) is 34.7. The van der Waals surface area contributed by atoms with Gasteiger partial charge in [0.2, 0.25) is 0 Å². The summed E-state index contributed by atoms with van der Waals surface area (Å²) in [4.78, 5) is 73.3. The maximum Gasteiger partial charge on any atom is 0.472 e. The van der Waals surface area contributed by atoms with Gasteiger partial charge >= 0.3 is 39.5 Å². The molecule has 19 heteroatoms. The third-order valence-corrected chi connectivity index (χ3v) is 23.1. The van der Waals surface area contributed by atoms with E-state index in [9.17, 15) is 43.2 Å². The van der Waals surface area contributed by atoms with E-state index in [0.29, 0.717) is 25.7 Å². The lowest BCUT2D eigenvalue weighted by molar-refractivity contribution is -0.161. The minimum Gasteiger partial charge on any atom is -0.462 e. The summed E-state index contributed by atoms with van der Waals surface area (Å²) in [5.74, 6) is -0.377. The van der Waals surface area contributed by atoms with Gasteiger partial charge in [-0.15, -0.1) is 0 Å². The average Bonchev–Trinajstić information content (AvgIpc) is 0.901. The van der Waals surface area contributed by atoms with Crippen LogP contribution in [0.5, 0.6) is 0 Å². The van der Waals surface area contributed by atoms with Crippen LogP contribution in [0.15, 0.2) is 0 Å². The molecule has 0 aromatic heterocycles. The molecule has 0 aliphatic heterocycles. The fraction of sp³-hybridized carbons (Fsp3) is 0.954. The standard InChI is InChI=1S/C87H170O17P2/c1-7-11-13-15-17-19-21-31-39-45-51-57-63-69-84(89)97-75-82(103-86(91)71-65-59-53-47-41-32-22-20-18-16-14-12-8-2)77-101-105(93,94)99-73-81(88)74-100-106(95,96)102-78-83(76-98-85(90)70-64-58-52-46-40-35-30-29-34-38-44-50-56-62-68-80(6)10-4)104-87(92)72-66-60-54-48-42-36-28-26-24-23-25-27-33-37-43-49-55-61-67-79(5)9-3/h79-83,88H,7-78H2,1-6H3,(H,93,94)(H,95,96)/t79?,80?,81-,82+,83+/m0/s1. The lowest BCUT2D eigenvalue weighted by Gasteiger charge is -2.21. The Bertz CT molecular complexity index is 2030. The third-order valence-electron chi connectivity index (χ3n) is 21.2. The first-order valence-corrected chi connectivity index (χ1v) is 48.1. The average molecular weight is 1550 g/mol.